The van der Waals surface area contributed by atoms with E-state index in [1.165, 1.54) is 12.1 Å². The van der Waals surface area contributed by atoms with Gasteiger partial charge in [-0.15, -0.1) is 0 Å². The van der Waals surface area contributed by atoms with Crippen LogP contribution >= 0.6 is 0 Å². The molecule has 1 heterocycles. The molecule has 0 radical (unpaired) electrons. The number of nitro benzene ring substituents is 1. The molecule has 0 aliphatic carbocycles. The normalized spacial score (nSPS) is 11.8. The Hall–Kier alpha value is -3.22. The molecular formula is C15H14N5O2+. The van der Waals surface area contributed by atoms with Crippen molar-refractivity contribution in [1.82, 2.24) is 4.98 Å². The van der Waals surface area contributed by atoms with E-state index in [1.807, 2.05) is 35.9 Å². The van der Waals surface area contributed by atoms with Crippen LogP contribution in [0.2, 0.25) is 0 Å². The van der Waals surface area contributed by atoms with E-state index in [0.29, 0.717) is 11.5 Å². The summed E-state index contributed by atoms with van der Waals surface area (Å²) in [7, 11) is 1.89. The van der Waals surface area contributed by atoms with Gasteiger partial charge in [0.2, 0.25) is 5.84 Å². The van der Waals surface area contributed by atoms with Gasteiger partial charge < -0.3 is 5.73 Å². The van der Waals surface area contributed by atoms with Gasteiger partial charge in [0.25, 0.3) is 5.69 Å². The Morgan fingerprint density at radius 1 is 1.23 bits per heavy atom. The Balaban J connectivity index is 1.99. The first kappa shape index (κ1) is 13.7. The largest absolute Gasteiger partial charge is 0.399 e. The maximum absolute atomic E-state index is 10.7. The van der Waals surface area contributed by atoms with Crippen molar-refractivity contribution in [3.63, 3.8) is 0 Å². The van der Waals surface area contributed by atoms with Crippen LogP contribution in [0.15, 0.2) is 53.5 Å². The number of amidine groups is 1. The minimum atomic E-state index is -0.450. The van der Waals surface area contributed by atoms with Crippen LogP contribution in [0.3, 0.4) is 0 Å². The van der Waals surface area contributed by atoms with Crippen LogP contribution in [0, 0.1) is 10.1 Å². The summed E-state index contributed by atoms with van der Waals surface area (Å²) in [5, 5.41) is 10.7. The molecule has 0 fully saturated rings. The fraction of sp³-hybridized carbons (Fsp3) is 0.0667. The molecule has 7 heteroatoms. The SMILES string of the molecule is C[n+]1c(N=C(N)c2ccc([N+](=O)[O-])cc2)[nH]c2ccccc21. The number of nitrogens with two attached hydrogens (primary N) is 1. The molecule has 0 saturated heterocycles. The van der Waals surface area contributed by atoms with Crippen LogP contribution in [-0.2, 0) is 7.05 Å². The highest BCUT2D eigenvalue weighted by atomic mass is 16.6. The summed E-state index contributed by atoms with van der Waals surface area (Å²) >= 11 is 0. The zero-order chi connectivity index (χ0) is 15.7. The number of H-pyrrole nitrogens is 1. The van der Waals surface area contributed by atoms with E-state index < -0.39 is 4.92 Å². The number of aromatic amines is 1. The van der Waals surface area contributed by atoms with Gasteiger partial charge in [-0.1, -0.05) is 17.1 Å². The minimum Gasteiger partial charge on any atom is -0.369 e. The Morgan fingerprint density at radius 3 is 2.55 bits per heavy atom. The highest BCUT2D eigenvalue weighted by molar-refractivity contribution is 5.98. The Bertz CT molecular complexity index is 881. The molecule has 0 unspecified atom stereocenters. The minimum absolute atomic E-state index is 0.0210. The molecular weight excluding hydrogens is 282 g/mol. The summed E-state index contributed by atoms with van der Waals surface area (Å²) in [5.74, 6) is 0.897. The van der Waals surface area contributed by atoms with E-state index in [-0.39, 0.29) is 11.5 Å². The second kappa shape index (κ2) is 5.28. The van der Waals surface area contributed by atoms with E-state index in [0.717, 1.165) is 11.0 Å². The number of para-hydroxylation sites is 2. The lowest BCUT2D eigenvalue weighted by Gasteiger charge is -1.96. The van der Waals surface area contributed by atoms with Gasteiger partial charge in [0.1, 0.15) is 11.0 Å². The fourth-order valence-electron chi connectivity index (χ4n) is 2.23. The maximum atomic E-state index is 10.7. The molecule has 7 nitrogen and oxygen atoms in total. The molecule has 3 aromatic rings. The van der Waals surface area contributed by atoms with Crippen LogP contribution in [0.5, 0.6) is 0 Å². The number of benzene rings is 2. The number of aromatic nitrogens is 2. The number of nitro groups is 1. The van der Waals surface area contributed by atoms with Crippen LogP contribution in [0.1, 0.15) is 5.56 Å². The molecule has 3 rings (SSSR count). The fourth-order valence-corrected chi connectivity index (χ4v) is 2.23. The zero-order valence-electron chi connectivity index (χ0n) is 11.9. The Morgan fingerprint density at radius 2 is 1.91 bits per heavy atom. The van der Waals surface area contributed by atoms with Crippen molar-refractivity contribution in [3.8, 4) is 0 Å². The topological polar surface area (TPSA) is 101 Å². The highest BCUT2D eigenvalue weighted by Gasteiger charge is 2.15. The van der Waals surface area contributed by atoms with E-state index in [2.05, 4.69) is 9.98 Å². The number of aliphatic imine (C=N–C) groups is 1. The first-order chi connectivity index (χ1) is 10.6. The van der Waals surface area contributed by atoms with Gasteiger partial charge in [-0.05, 0) is 24.3 Å². The van der Waals surface area contributed by atoms with Crippen molar-refractivity contribution >= 4 is 28.5 Å². The lowest BCUT2D eigenvalue weighted by molar-refractivity contribution is -0.631. The molecule has 1 aromatic heterocycles. The summed E-state index contributed by atoms with van der Waals surface area (Å²) in [6.45, 7) is 0. The number of non-ortho nitro benzene ring substituents is 1. The third-order valence-corrected chi connectivity index (χ3v) is 3.43. The van der Waals surface area contributed by atoms with Crippen molar-refractivity contribution < 1.29 is 9.49 Å². The lowest BCUT2D eigenvalue weighted by Crippen LogP contribution is -2.27. The first-order valence-electron chi connectivity index (χ1n) is 6.62. The molecule has 110 valence electrons. The third kappa shape index (κ3) is 2.39. The predicted octanol–water partition coefficient (Wildman–Crippen LogP) is 1.94. The molecule has 0 aliphatic heterocycles. The quantitative estimate of drug-likeness (QED) is 0.254. The van der Waals surface area contributed by atoms with E-state index in [1.54, 1.807) is 12.1 Å². The predicted molar refractivity (Wildman–Crippen MR) is 83.0 cm³/mol. The molecule has 0 spiro atoms. The maximum Gasteiger partial charge on any atom is 0.399 e. The van der Waals surface area contributed by atoms with E-state index in [4.69, 9.17) is 5.73 Å². The van der Waals surface area contributed by atoms with Gasteiger partial charge in [-0.3, -0.25) is 10.1 Å². The van der Waals surface area contributed by atoms with E-state index >= 15 is 0 Å². The summed E-state index contributed by atoms with van der Waals surface area (Å²) in [6, 6.07) is 13.8. The third-order valence-electron chi connectivity index (χ3n) is 3.43. The monoisotopic (exact) mass is 296 g/mol. The number of aryl methyl sites for hydroxylation is 1. The van der Waals surface area contributed by atoms with Crippen molar-refractivity contribution in [2.45, 2.75) is 0 Å². The van der Waals surface area contributed by atoms with Crippen molar-refractivity contribution in [1.29, 1.82) is 0 Å². The summed E-state index contributed by atoms with van der Waals surface area (Å²) in [6.07, 6.45) is 0. The smallest absolute Gasteiger partial charge is 0.369 e. The van der Waals surface area contributed by atoms with Gasteiger partial charge in [0.15, 0.2) is 0 Å². The molecule has 2 aromatic carbocycles. The average Bonchev–Trinajstić information content (AvgIpc) is 2.84. The number of nitrogens with zero attached hydrogens (tertiary/aromatic N) is 3. The second-order valence-corrected chi connectivity index (χ2v) is 4.83. The van der Waals surface area contributed by atoms with E-state index in [9.17, 15) is 10.1 Å². The number of fused-ring (bicyclic) bond motifs is 1. The number of rotatable bonds is 3. The van der Waals surface area contributed by atoms with Gasteiger partial charge >= 0.3 is 5.95 Å². The Labute approximate surface area is 125 Å². The zero-order valence-corrected chi connectivity index (χ0v) is 11.9. The van der Waals surface area contributed by atoms with Crippen molar-refractivity contribution in [3.05, 3.63) is 64.2 Å². The van der Waals surface area contributed by atoms with Crippen LogP contribution in [0.4, 0.5) is 11.6 Å². The molecule has 0 aliphatic rings. The molecule has 0 amide bonds. The lowest BCUT2D eigenvalue weighted by atomic mass is 10.2. The molecule has 0 saturated carbocycles. The summed E-state index contributed by atoms with van der Waals surface area (Å²) in [5.41, 5.74) is 8.61. The molecule has 0 bridgehead atoms. The second-order valence-electron chi connectivity index (χ2n) is 4.83. The summed E-state index contributed by atoms with van der Waals surface area (Å²) < 4.78 is 1.90. The van der Waals surface area contributed by atoms with Gasteiger partial charge in [-0.2, -0.15) is 0 Å². The van der Waals surface area contributed by atoms with Crippen molar-refractivity contribution in [2.24, 2.45) is 17.8 Å². The van der Waals surface area contributed by atoms with Crippen molar-refractivity contribution in [2.75, 3.05) is 0 Å². The standard InChI is InChI=1S/C15H13N5O2/c1-19-13-5-3-2-4-12(13)17-15(19)18-14(16)10-6-8-11(9-7-10)20(21)22/h2-9H,1H3,(H2,16,17,18)/p+1. The van der Waals surface area contributed by atoms with Crippen LogP contribution < -0.4 is 10.3 Å². The number of hydrogen-bond acceptors (Lipinski definition) is 3. The number of hydrogen-bond donors (Lipinski definition) is 2. The molecule has 0 atom stereocenters. The molecule has 22 heavy (non-hydrogen) atoms. The number of imidazole rings is 1. The van der Waals surface area contributed by atoms with Crippen LogP contribution in [-0.4, -0.2) is 15.7 Å². The van der Waals surface area contributed by atoms with Gasteiger partial charge in [0, 0.05) is 17.7 Å². The summed E-state index contributed by atoms with van der Waals surface area (Å²) in [4.78, 5) is 17.8. The van der Waals surface area contributed by atoms with Gasteiger partial charge in [0.05, 0.1) is 12.0 Å². The first-order valence-corrected chi connectivity index (χ1v) is 6.62. The average molecular weight is 296 g/mol. The van der Waals surface area contributed by atoms with Crippen LogP contribution in [0.25, 0.3) is 11.0 Å². The molecule has 3 N–H and O–H groups in total. The Kier molecular flexibility index (Phi) is 3.30. The van der Waals surface area contributed by atoms with Gasteiger partial charge in [-0.25, -0.2) is 9.55 Å². The highest BCUT2D eigenvalue weighted by Crippen LogP contribution is 2.15. The number of nitrogens with one attached hydrogen (secondary N) is 1.